The quantitative estimate of drug-likeness (QED) is 0.516. The van der Waals surface area contributed by atoms with Crippen LogP contribution in [0.3, 0.4) is 0 Å². The molecule has 0 amide bonds. The topological polar surface area (TPSA) is 68.2 Å². The van der Waals surface area contributed by atoms with Crippen LogP contribution in [-0.4, -0.2) is 23.9 Å². The Morgan fingerprint density at radius 2 is 1.70 bits per heavy atom. The van der Waals surface area contributed by atoms with E-state index in [9.17, 15) is 10.2 Å². The minimum Gasteiger partial charge on any atom is -0.507 e. The molecule has 0 aliphatic heterocycles. The molecule has 0 bridgehead atoms. The van der Waals surface area contributed by atoms with Crippen LogP contribution in [0, 0.1) is 0 Å². The van der Waals surface area contributed by atoms with Gasteiger partial charge < -0.3 is 24.4 Å². The molecule has 3 rings (SSSR count). The van der Waals surface area contributed by atoms with Crippen molar-refractivity contribution < 1.29 is 24.4 Å². The van der Waals surface area contributed by atoms with Gasteiger partial charge in [0.1, 0.15) is 35.7 Å². The number of methoxy groups -OCH3 is 1. The number of aliphatic hydroxyl groups is 1. The summed E-state index contributed by atoms with van der Waals surface area (Å²) < 4.78 is 16.6. The molecular formula is C25H26O5. The van der Waals surface area contributed by atoms with E-state index in [2.05, 4.69) is 0 Å². The lowest BCUT2D eigenvalue weighted by Gasteiger charge is -2.15. The van der Waals surface area contributed by atoms with Crippen molar-refractivity contribution in [3.63, 3.8) is 0 Å². The van der Waals surface area contributed by atoms with Crippen LogP contribution in [-0.2, 0) is 6.61 Å². The number of rotatable bonds is 9. The number of phenolic OH excluding ortho intramolecular Hbond substituents is 1. The third-order valence-electron chi connectivity index (χ3n) is 4.55. The minimum absolute atomic E-state index is 0.0830. The predicted molar refractivity (Wildman–Crippen MR) is 117 cm³/mol. The Bertz CT molecular complexity index is 982. The molecule has 0 saturated heterocycles. The molecule has 0 aliphatic rings. The second-order valence-electron chi connectivity index (χ2n) is 6.64. The largest absolute Gasteiger partial charge is 0.507 e. The van der Waals surface area contributed by atoms with Crippen molar-refractivity contribution in [1.82, 2.24) is 0 Å². The molecule has 3 aromatic carbocycles. The standard InChI is InChI=1S/C25H26O5/c1-3-29-21-11-9-19(24(27)15-21)10-14-23(26)22-13-12-20(28-2)16-25(22)30-17-18-7-5-4-6-8-18/h4-16,23,26-27H,3,17H2,1-2H3. The summed E-state index contributed by atoms with van der Waals surface area (Å²) in [5, 5.41) is 20.9. The van der Waals surface area contributed by atoms with Gasteiger partial charge in [0.05, 0.1) is 13.7 Å². The maximum absolute atomic E-state index is 10.7. The molecule has 2 N–H and O–H groups in total. The normalized spacial score (nSPS) is 12.0. The molecule has 5 heteroatoms. The fourth-order valence-corrected chi connectivity index (χ4v) is 2.97. The molecule has 0 spiro atoms. The minimum atomic E-state index is -0.923. The van der Waals surface area contributed by atoms with E-state index in [0.29, 0.717) is 41.6 Å². The summed E-state index contributed by atoms with van der Waals surface area (Å²) in [6, 6.07) is 20.2. The van der Waals surface area contributed by atoms with Crippen LogP contribution in [0.2, 0.25) is 0 Å². The number of aromatic hydroxyl groups is 1. The van der Waals surface area contributed by atoms with E-state index < -0.39 is 6.10 Å². The summed E-state index contributed by atoms with van der Waals surface area (Å²) >= 11 is 0. The van der Waals surface area contributed by atoms with E-state index in [1.807, 2.05) is 37.3 Å². The molecule has 0 heterocycles. The third-order valence-corrected chi connectivity index (χ3v) is 4.55. The highest BCUT2D eigenvalue weighted by Gasteiger charge is 2.13. The smallest absolute Gasteiger partial charge is 0.129 e. The van der Waals surface area contributed by atoms with Crippen molar-refractivity contribution in [3.8, 4) is 23.0 Å². The van der Waals surface area contributed by atoms with Gasteiger partial charge in [-0.15, -0.1) is 0 Å². The van der Waals surface area contributed by atoms with E-state index in [1.165, 1.54) is 0 Å². The fraction of sp³-hybridized carbons (Fsp3) is 0.200. The summed E-state index contributed by atoms with van der Waals surface area (Å²) in [7, 11) is 1.58. The molecular weight excluding hydrogens is 380 g/mol. The van der Waals surface area contributed by atoms with Crippen molar-refractivity contribution in [3.05, 3.63) is 89.5 Å². The molecule has 5 nitrogen and oxygen atoms in total. The maximum Gasteiger partial charge on any atom is 0.129 e. The number of hydrogen-bond acceptors (Lipinski definition) is 5. The maximum atomic E-state index is 10.7. The Morgan fingerprint density at radius 1 is 0.933 bits per heavy atom. The Morgan fingerprint density at radius 3 is 2.40 bits per heavy atom. The highest BCUT2D eigenvalue weighted by molar-refractivity contribution is 5.59. The molecule has 156 valence electrons. The predicted octanol–water partition coefficient (Wildman–Crippen LogP) is 5.13. The van der Waals surface area contributed by atoms with E-state index >= 15 is 0 Å². The van der Waals surface area contributed by atoms with Crippen LogP contribution in [0.15, 0.2) is 72.8 Å². The molecule has 0 radical (unpaired) electrons. The van der Waals surface area contributed by atoms with Crippen LogP contribution >= 0.6 is 0 Å². The van der Waals surface area contributed by atoms with Crippen molar-refractivity contribution in [2.75, 3.05) is 13.7 Å². The highest BCUT2D eigenvalue weighted by Crippen LogP contribution is 2.32. The highest BCUT2D eigenvalue weighted by atomic mass is 16.5. The monoisotopic (exact) mass is 406 g/mol. The SMILES string of the molecule is CCOc1ccc(C=CC(O)c2ccc(OC)cc2OCc2ccccc2)c(O)c1. The Labute approximate surface area is 176 Å². The Balaban J connectivity index is 1.79. The summed E-state index contributed by atoms with van der Waals surface area (Å²) in [6.07, 6.45) is 2.35. The first-order chi connectivity index (χ1) is 14.6. The van der Waals surface area contributed by atoms with Crippen LogP contribution in [0.25, 0.3) is 6.08 Å². The van der Waals surface area contributed by atoms with Gasteiger partial charge in [0.2, 0.25) is 0 Å². The number of hydrogen-bond donors (Lipinski definition) is 2. The van der Waals surface area contributed by atoms with Gasteiger partial charge in [0, 0.05) is 23.3 Å². The summed E-state index contributed by atoms with van der Waals surface area (Å²) in [6.45, 7) is 2.78. The molecule has 3 aromatic rings. The van der Waals surface area contributed by atoms with Gasteiger partial charge in [-0.1, -0.05) is 42.5 Å². The van der Waals surface area contributed by atoms with Crippen molar-refractivity contribution >= 4 is 6.08 Å². The second-order valence-corrected chi connectivity index (χ2v) is 6.64. The first-order valence-corrected chi connectivity index (χ1v) is 9.77. The molecule has 0 aromatic heterocycles. The van der Waals surface area contributed by atoms with E-state index in [4.69, 9.17) is 14.2 Å². The molecule has 1 unspecified atom stereocenters. The Kier molecular flexibility index (Phi) is 7.35. The molecule has 0 aliphatic carbocycles. The average molecular weight is 406 g/mol. The number of aliphatic hydroxyl groups excluding tert-OH is 1. The van der Waals surface area contributed by atoms with Gasteiger partial charge in [0.15, 0.2) is 0 Å². The lowest BCUT2D eigenvalue weighted by Crippen LogP contribution is -2.02. The van der Waals surface area contributed by atoms with Gasteiger partial charge in [-0.2, -0.15) is 0 Å². The van der Waals surface area contributed by atoms with Gasteiger partial charge in [-0.25, -0.2) is 0 Å². The molecule has 30 heavy (non-hydrogen) atoms. The lowest BCUT2D eigenvalue weighted by atomic mass is 10.1. The zero-order valence-electron chi connectivity index (χ0n) is 17.1. The van der Waals surface area contributed by atoms with Gasteiger partial charge in [-0.05, 0) is 36.8 Å². The van der Waals surface area contributed by atoms with Crippen molar-refractivity contribution in [1.29, 1.82) is 0 Å². The zero-order chi connectivity index (χ0) is 21.3. The number of phenols is 1. The molecule has 1 atom stereocenters. The van der Waals surface area contributed by atoms with E-state index in [1.54, 1.807) is 55.7 Å². The number of benzene rings is 3. The number of ether oxygens (including phenoxy) is 3. The fourth-order valence-electron chi connectivity index (χ4n) is 2.97. The van der Waals surface area contributed by atoms with Crippen molar-refractivity contribution in [2.45, 2.75) is 19.6 Å². The van der Waals surface area contributed by atoms with Gasteiger partial charge in [-0.3, -0.25) is 0 Å². The van der Waals surface area contributed by atoms with Gasteiger partial charge in [0.25, 0.3) is 0 Å². The average Bonchev–Trinajstić information content (AvgIpc) is 2.77. The summed E-state index contributed by atoms with van der Waals surface area (Å²) in [5.74, 6) is 1.85. The third kappa shape index (κ3) is 5.55. The molecule has 0 saturated carbocycles. The first-order valence-electron chi connectivity index (χ1n) is 9.77. The summed E-state index contributed by atoms with van der Waals surface area (Å²) in [4.78, 5) is 0. The van der Waals surface area contributed by atoms with E-state index in [0.717, 1.165) is 5.56 Å². The zero-order valence-corrected chi connectivity index (χ0v) is 17.1. The van der Waals surface area contributed by atoms with Crippen molar-refractivity contribution in [2.24, 2.45) is 0 Å². The van der Waals surface area contributed by atoms with Crippen LogP contribution in [0.1, 0.15) is 29.7 Å². The van der Waals surface area contributed by atoms with Gasteiger partial charge >= 0.3 is 0 Å². The second kappa shape index (κ2) is 10.4. The van der Waals surface area contributed by atoms with Crippen LogP contribution in [0.4, 0.5) is 0 Å². The Hall–Kier alpha value is -3.44. The molecule has 0 fully saturated rings. The summed E-state index contributed by atoms with van der Waals surface area (Å²) in [5.41, 5.74) is 2.21. The van der Waals surface area contributed by atoms with E-state index in [-0.39, 0.29) is 5.75 Å². The first kappa shape index (κ1) is 21.3. The van der Waals surface area contributed by atoms with Crippen LogP contribution < -0.4 is 14.2 Å². The van der Waals surface area contributed by atoms with Crippen LogP contribution in [0.5, 0.6) is 23.0 Å². The lowest BCUT2D eigenvalue weighted by molar-refractivity contribution is 0.217.